The summed E-state index contributed by atoms with van der Waals surface area (Å²) in [5, 5.41) is 6.07. The van der Waals surface area contributed by atoms with Gasteiger partial charge in [0.2, 0.25) is 5.91 Å². The summed E-state index contributed by atoms with van der Waals surface area (Å²) < 4.78 is 0. The smallest absolute Gasteiger partial charge is 0.219 e. The van der Waals surface area contributed by atoms with Gasteiger partial charge in [-0.3, -0.25) is 4.79 Å². The van der Waals surface area contributed by atoms with Crippen LogP contribution in [0.15, 0.2) is 0 Å². The Morgan fingerprint density at radius 3 is 2.77 bits per heavy atom. The summed E-state index contributed by atoms with van der Waals surface area (Å²) in [6.07, 6.45) is 4.34. The van der Waals surface area contributed by atoms with Crippen LogP contribution in [0.25, 0.3) is 0 Å². The van der Waals surface area contributed by atoms with E-state index in [0.29, 0.717) is 12.5 Å². The first kappa shape index (κ1) is 10.5. The van der Waals surface area contributed by atoms with E-state index in [9.17, 15) is 4.79 Å². The van der Waals surface area contributed by atoms with Crippen molar-refractivity contribution < 1.29 is 4.79 Å². The minimum atomic E-state index is 0.140. The van der Waals surface area contributed by atoms with Gasteiger partial charge in [0.1, 0.15) is 0 Å². The molecule has 0 heterocycles. The first-order chi connectivity index (χ1) is 6.24. The maximum Gasteiger partial charge on any atom is 0.219 e. The fourth-order valence-corrected chi connectivity index (χ4v) is 1.47. The molecule has 1 amide bonds. The molecule has 0 saturated heterocycles. The molecule has 1 aliphatic rings. The standard InChI is InChI=1S/C10H20N2O/c1-8(9-5-6-9)12-7-3-4-10(13)11-2/h8-9,12H,3-7H2,1-2H3,(H,11,13). The third-order valence-corrected chi connectivity index (χ3v) is 2.65. The molecule has 1 aliphatic carbocycles. The maximum atomic E-state index is 10.9. The van der Waals surface area contributed by atoms with Crippen molar-refractivity contribution in [3.05, 3.63) is 0 Å². The third kappa shape index (κ3) is 4.27. The maximum absolute atomic E-state index is 10.9. The number of amides is 1. The van der Waals surface area contributed by atoms with Crippen molar-refractivity contribution in [3.8, 4) is 0 Å². The van der Waals surface area contributed by atoms with Gasteiger partial charge in [-0.25, -0.2) is 0 Å². The van der Waals surface area contributed by atoms with Gasteiger partial charge < -0.3 is 10.6 Å². The zero-order chi connectivity index (χ0) is 9.68. The van der Waals surface area contributed by atoms with Crippen LogP contribution < -0.4 is 10.6 Å². The lowest BCUT2D eigenvalue weighted by Gasteiger charge is -2.11. The summed E-state index contributed by atoms with van der Waals surface area (Å²) in [6.45, 7) is 3.20. The van der Waals surface area contributed by atoms with E-state index < -0.39 is 0 Å². The Morgan fingerprint density at radius 1 is 1.54 bits per heavy atom. The summed E-state index contributed by atoms with van der Waals surface area (Å²) in [5.41, 5.74) is 0. The van der Waals surface area contributed by atoms with Gasteiger partial charge >= 0.3 is 0 Å². The molecule has 0 spiro atoms. The monoisotopic (exact) mass is 184 g/mol. The highest BCUT2D eigenvalue weighted by Crippen LogP contribution is 2.32. The SMILES string of the molecule is CNC(=O)CCCNC(C)C1CC1. The fourth-order valence-electron chi connectivity index (χ4n) is 1.47. The summed E-state index contributed by atoms with van der Waals surface area (Å²) in [4.78, 5) is 10.9. The van der Waals surface area contributed by atoms with Gasteiger partial charge in [-0.15, -0.1) is 0 Å². The van der Waals surface area contributed by atoms with Gasteiger partial charge in [0.05, 0.1) is 0 Å². The normalized spacial score (nSPS) is 18.3. The van der Waals surface area contributed by atoms with E-state index in [1.54, 1.807) is 7.05 Å². The summed E-state index contributed by atoms with van der Waals surface area (Å²) in [7, 11) is 1.68. The zero-order valence-corrected chi connectivity index (χ0v) is 8.60. The first-order valence-corrected chi connectivity index (χ1v) is 5.18. The summed E-state index contributed by atoms with van der Waals surface area (Å²) >= 11 is 0. The molecule has 3 nitrogen and oxygen atoms in total. The van der Waals surface area contributed by atoms with Gasteiger partial charge in [-0.1, -0.05) is 0 Å². The molecular formula is C10H20N2O. The minimum Gasteiger partial charge on any atom is -0.359 e. The molecule has 0 aromatic carbocycles. The van der Waals surface area contributed by atoms with Crippen LogP contribution in [0.3, 0.4) is 0 Å². The molecule has 0 aliphatic heterocycles. The average molecular weight is 184 g/mol. The van der Waals surface area contributed by atoms with Crippen LogP contribution in [-0.2, 0) is 4.79 Å². The summed E-state index contributed by atoms with van der Waals surface area (Å²) in [5.74, 6) is 1.04. The van der Waals surface area contributed by atoms with Crippen LogP contribution in [0.1, 0.15) is 32.6 Å². The highest BCUT2D eigenvalue weighted by atomic mass is 16.1. The lowest BCUT2D eigenvalue weighted by Crippen LogP contribution is -2.29. The second-order valence-corrected chi connectivity index (χ2v) is 3.86. The first-order valence-electron chi connectivity index (χ1n) is 5.18. The predicted molar refractivity (Wildman–Crippen MR) is 53.5 cm³/mol. The highest BCUT2D eigenvalue weighted by molar-refractivity contribution is 5.75. The Hall–Kier alpha value is -0.570. The van der Waals surface area contributed by atoms with Gasteiger partial charge in [0, 0.05) is 19.5 Å². The molecular weight excluding hydrogens is 164 g/mol. The van der Waals surface area contributed by atoms with Gasteiger partial charge in [0.25, 0.3) is 0 Å². The van der Waals surface area contributed by atoms with Gasteiger partial charge in [-0.05, 0) is 38.6 Å². The molecule has 1 fully saturated rings. The largest absolute Gasteiger partial charge is 0.359 e. The molecule has 0 aromatic heterocycles. The zero-order valence-electron chi connectivity index (χ0n) is 8.60. The number of nitrogens with one attached hydrogen (secondary N) is 2. The number of rotatable bonds is 6. The van der Waals surface area contributed by atoms with E-state index in [1.165, 1.54) is 12.8 Å². The van der Waals surface area contributed by atoms with Crippen LogP contribution in [0.4, 0.5) is 0 Å². The molecule has 2 N–H and O–H groups in total. The number of hydrogen-bond acceptors (Lipinski definition) is 2. The summed E-state index contributed by atoms with van der Waals surface area (Å²) in [6, 6.07) is 0.643. The van der Waals surface area contributed by atoms with Crippen molar-refractivity contribution in [1.29, 1.82) is 0 Å². The molecule has 13 heavy (non-hydrogen) atoms. The van der Waals surface area contributed by atoms with Crippen LogP contribution in [0.5, 0.6) is 0 Å². The second kappa shape index (κ2) is 5.22. The van der Waals surface area contributed by atoms with Crippen LogP contribution in [0, 0.1) is 5.92 Å². The van der Waals surface area contributed by atoms with Crippen molar-refractivity contribution in [1.82, 2.24) is 10.6 Å². The van der Waals surface area contributed by atoms with Crippen LogP contribution in [-0.4, -0.2) is 25.5 Å². The lowest BCUT2D eigenvalue weighted by atomic mass is 10.2. The Balaban J connectivity index is 1.91. The number of carbonyl (C=O) groups is 1. The average Bonchev–Trinajstić information content (AvgIpc) is 2.94. The Bertz CT molecular complexity index is 166. The van der Waals surface area contributed by atoms with Crippen LogP contribution in [0.2, 0.25) is 0 Å². The van der Waals surface area contributed by atoms with Crippen molar-refractivity contribution in [2.24, 2.45) is 5.92 Å². The number of carbonyl (C=O) groups excluding carboxylic acids is 1. The van der Waals surface area contributed by atoms with Crippen molar-refractivity contribution in [3.63, 3.8) is 0 Å². The molecule has 1 rings (SSSR count). The van der Waals surface area contributed by atoms with E-state index in [1.807, 2.05) is 0 Å². The fraction of sp³-hybridized carbons (Fsp3) is 0.900. The quantitative estimate of drug-likeness (QED) is 0.602. The lowest BCUT2D eigenvalue weighted by molar-refractivity contribution is -0.120. The van der Waals surface area contributed by atoms with E-state index >= 15 is 0 Å². The van der Waals surface area contributed by atoms with Crippen molar-refractivity contribution in [2.75, 3.05) is 13.6 Å². The minimum absolute atomic E-state index is 0.140. The third-order valence-electron chi connectivity index (χ3n) is 2.65. The Labute approximate surface area is 80.3 Å². The van der Waals surface area contributed by atoms with Crippen molar-refractivity contribution in [2.45, 2.75) is 38.6 Å². The topological polar surface area (TPSA) is 41.1 Å². The van der Waals surface area contributed by atoms with E-state index in [-0.39, 0.29) is 5.91 Å². The van der Waals surface area contributed by atoms with Gasteiger partial charge in [-0.2, -0.15) is 0 Å². The second-order valence-electron chi connectivity index (χ2n) is 3.86. The van der Waals surface area contributed by atoms with E-state index in [2.05, 4.69) is 17.6 Å². The molecule has 0 aromatic rings. The van der Waals surface area contributed by atoms with Crippen LogP contribution >= 0.6 is 0 Å². The molecule has 1 atom stereocenters. The van der Waals surface area contributed by atoms with E-state index in [4.69, 9.17) is 0 Å². The molecule has 1 unspecified atom stereocenters. The number of hydrogen-bond donors (Lipinski definition) is 2. The predicted octanol–water partition coefficient (Wildman–Crippen LogP) is 0.901. The molecule has 0 bridgehead atoms. The van der Waals surface area contributed by atoms with E-state index in [0.717, 1.165) is 18.9 Å². The molecule has 3 heteroatoms. The van der Waals surface area contributed by atoms with Crippen molar-refractivity contribution >= 4 is 5.91 Å². The van der Waals surface area contributed by atoms with Gasteiger partial charge in [0.15, 0.2) is 0 Å². The Morgan fingerprint density at radius 2 is 2.23 bits per heavy atom. The molecule has 76 valence electrons. The molecule has 0 radical (unpaired) electrons. The highest BCUT2D eigenvalue weighted by Gasteiger charge is 2.27. The Kier molecular flexibility index (Phi) is 4.22. The molecule has 1 saturated carbocycles.